The minimum atomic E-state index is -0.350. The largest absolute Gasteiger partial charge is 0.370 e. The maximum absolute atomic E-state index is 12.3. The SMILES string of the molecule is Cc1cc(C(=O)NCCCC(N)=O)c(C)n1-c1ccccc1. The van der Waals surface area contributed by atoms with Crippen molar-refractivity contribution in [2.75, 3.05) is 6.54 Å². The molecule has 2 amide bonds. The topological polar surface area (TPSA) is 77.1 Å². The summed E-state index contributed by atoms with van der Waals surface area (Å²) >= 11 is 0. The molecule has 0 aliphatic rings. The van der Waals surface area contributed by atoms with Gasteiger partial charge in [0.1, 0.15) is 0 Å². The number of aromatic nitrogens is 1. The molecule has 116 valence electrons. The van der Waals surface area contributed by atoms with E-state index < -0.39 is 0 Å². The van der Waals surface area contributed by atoms with Gasteiger partial charge in [0.2, 0.25) is 5.91 Å². The second-order valence-corrected chi connectivity index (χ2v) is 5.28. The molecule has 0 fully saturated rings. The average Bonchev–Trinajstić information content (AvgIpc) is 2.79. The summed E-state index contributed by atoms with van der Waals surface area (Å²) in [5, 5.41) is 2.83. The van der Waals surface area contributed by atoms with Gasteiger partial charge in [-0.2, -0.15) is 0 Å². The number of primary amides is 1. The van der Waals surface area contributed by atoms with Crippen molar-refractivity contribution in [3.8, 4) is 5.69 Å². The molecule has 2 aromatic rings. The van der Waals surface area contributed by atoms with E-state index in [-0.39, 0.29) is 18.2 Å². The molecule has 0 spiro atoms. The normalized spacial score (nSPS) is 10.5. The van der Waals surface area contributed by atoms with E-state index in [0.717, 1.165) is 17.1 Å². The van der Waals surface area contributed by atoms with Crippen LogP contribution in [0.25, 0.3) is 5.69 Å². The second-order valence-electron chi connectivity index (χ2n) is 5.28. The maximum Gasteiger partial charge on any atom is 0.253 e. The zero-order chi connectivity index (χ0) is 16.1. The Kier molecular flexibility index (Phi) is 4.99. The lowest BCUT2D eigenvalue weighted by atomic mass is 10.2. The zero-order valence-corrected chi connectivity index (χ0v) is 12.9. The molecule has 0 radical (unpaired) electrons. The molecule has 22 heavy (non-hydrogen) atoms. The summed E-state index contributed by atoms with van der Waals surface area (Å²) in [6.45, 7) is 4.35. The van der Waals surface area contributed by atoms with Crippen LogP contribution in [0.1, 0.15) is 34.6 Å². The molecule has 0 bridgehead atoms. The predicted molar refractivity (Wildman–Crippen MR) is 86.0 cm³/mol. The summed E-state index contributed by atoms with van der Waals surface area (Å²) in [5.41, 5.74) is 8.67. The minimum Gasteiger partial charge on any atom is -0.370 e. The fourth-order valence-electron chi connectivity index (χ4n) is 2.53. The van der Waals surface area contributed by atoms with E-state index in [9.17, 15) is 9.59 Å². The van der Waals surface area contributed by atoms with E-state index in [1.807, 2.05) is 50.2 Å². The third kappa shape index (κ3) is 3.55. The lowest BCUT2D eigenvalue weighted by Gasteiger charge is -2.10. The highest BCUT2D eigenvalue weighted by Gasteiger charge is 2.16. The van der Waals surface area contributed by atoms with Crippen LogP contribution in [0.5, 0.6) is 0 Å². The predicted octanol–water partition coefficient (Wildman–Crippen LogP) is 2.09. The van der Waals surface area contributed by atoms with Crippen molar-refractivity contribution in [3.05, 3.63) is 53.3 Å². The number of aryl methyl sites for hydroxylation is 1. The fourth-order valence-corrected chi connectivity index (χ4v) is 2.53. The van der Waals surface area contributed by atoms with Crippen molar-refractivity contribution in [3.63, 3.8) is 0 Å². The third-order valence-electron chi connectivity index (χ3n) is 3.58. The van der Waals surface area contributed by atoms with Crippen molar-refractivity contribution in [2.24, 2.45) is 5.73 Å². The van der Waals surface area contributed by atoms with Crippen LogP contribution in [-0.4, -0.2) is 22.9 Å². The summed E-state index contributed by atoms with van der Waals surface area (Å²) in [4.78, 5) is 22.9. The molecule has 0 saturated carbocycles. The lowest BCUT2D eigenvalue weighted by molar-refractivity contribution is -0.118. The Morgan fingerprint density at radius 1 is 1.18 bits per heavy atom. The quantitative estimate of drug-likeness (QED) is 0.801. The molecule has 3 N–H and O–H groups in total. The number of carbonyl (C=O) groups excluding carboxylic acids is 2. The highest BCUT2D eigenvalue weighted by Crippen LogP contribution is 2.20. The van der Waals surface area contributed by atoms with Gasteiger partial charge in [-0.1, -0.05) is 18.2 Å². The van der Waals surface area contributed by atoms with Crippen LogP contribution in [0.3, 0.4) is 0 Å². The van der Waals surface area contributed by atoms with Crippen molar-refractivity contribution >= 4 is 11.8 Å². The number of benzene rings is 1. The molecule has 0 atom stereocenters. The van der Waals surface area contributed by atoms with Crippen molar-refractivity contribution < 1.29 is 9.59 Å². The summed E-state index contributed by atoms with van der Waals surface area (Å²) in [5.74, 6) is -0.476. The molecule has 5 nitrogen and oxygen atoms in total. The first-order valence-electron chi connectivity index (χ1n) is 7.31. The molecule has 2 rings (SSSR count). The molecule has 5 heteroatoms. The van der Waals surface area contributed by atoms with Gasteiger partial charge >= 0.3 is 0 Å². The number of para-hydroxylation sites is 1. The molecule has 0 aliphatic heterocycles. The Balaban J connectivity index is 2.13. The first-order chi connectivity index (χ1) is 10.5. The Morgan fingerprint density at radius 3 is 2.50 bits per heavy atom. The van der Waals surface area contributed by atoms with E-state index >= 15 is 0 Å². The number of hydrogen-bond acceptors (Lipinski definition) is 2. The van der Waals surface area contributed by atoms with Gasteiger partial charge in [-0.25, -0.2) is 0 Å². The molecular formula is C17H21N3O2. The van der Waals surface area contributed by atoms with Gasteiger partial charge in [-0.05, 0) is 38.5 Å². The van der Waals surface area contributed by atoms with E-state index in [1.165, 1.54) is 0 Å². The van der Waals surface area contributed by atoms with Gasteiger partial charge in [-0.15, -0.1) is 0 Å². The maximum atomic E-state index is 12.3. The first-order valence-corrected chi connectivity index (χ1v) is 7.31. The van der Waals surface area contributed by atoms with Crippen molar-refractivity contribution in [1.29, 1.82) is 0 Å². The van der Waals surface area contributed by atoms with Crippen LogP contribution in [0, 0.1) is 13.8 Å². The molecular weight excluding hydrogens is 278 g/mol. The molecule has 0 saturated heterocycles. The van der Waals surface area contributed by atoms with Crippen LogP contribution < -0.4 is 11.1 Å². The number of amides is 2. The number of carbonyl (C=O) groups is 2. The molecule has 1 aromatic heterocycles. The van der Waals surface area contributed by atoms with E-state index in [0.29, 0.717) is 18.5 Å². The van der Waals surface area contributed by atoms with Gasteiger partial charge in [-0.3, -0.25) is 9.59 Å². The number of hydrogen-bond donors (Lipinski definition) is 2. The number of nitrogens with two attached hydrogens (primary N) is 1. The summed E-state index contributed by atoms with van der Waals surface area (Å²) in [7, 11) is 0. The van der Waals surface area contributed by atoms with Gasteiger partial charge in [0.15, 0.2) is 0 Å². The second kappa shape index (κ2) is 6.93. The lowest BCUT2D eigenvalue weighted by Crippen LogP contribution is -2.26. The minimum absolute atomic E-state index is 0.125. The summed E-state index contributed by atoms with van der Waals surface area (Å²) in [6.07, 6.45) is 0.835. The summed E-state index contributed by atoms with van der Waals surface area (Å²) < 4.78 is 2.05. The van der Waals surface area contributed by atoms with E-state index in [1.54, 1.807) is 0 Å². The van der Waals surface area contributed by atoms with Crippen molar-refractivity contribution in [2.45, 2.75) is 26.7 Å². The zero-order valence-electron chi connectivity index (χ0n) is 12.9. The highest BCUT2D eigenvalue weighted by molar-refractivity contribution is 5.95. The number of nitrogens with one attached hydrogen (secondary N) is 1. The Labute approximate surface area is 130 Å². The van der Waals surface area contributed by atoms with Crippen LogP contribution in [0.2, 0.25) is 0 Å². The average molecular weight is 299 g/mol. The smallest absolute Gasteiger partial charge is 0.253 e. The molecule has 0 unspecified atom stereocenters. The van der Waals surface area contributed by atoms with Crippen LogP contribution >= 0.6 is 0 Å². The summed E-state index contributed by atoms with van der Waals surface area (Å²) in [6, 6.07) is 11.8. The molecule has 0 aliphatic carbocycles. The number of nitrogens with zero attached hydrogens (tertiary/aromatic N) is 1. The Morgan fingerprint density at radius 2 is 1.86 bits per heavy atom. The van der Waals surface area contributed by atoms with E-state index in [2.05, 4.69) is 9.88 Å². The Hall–Kier alpha value is -2.56. The standard InChI is InChI=1S/C17H21N3O2/c1-12-11-15(17(22)19-10-6-9-16(18)21)13(2)20(12)14-7-4-3-5-8-14/h3-5,7-8,11H,6,9-10H2,1-2H3,(H2,18,21)(H,19,22). The van der Waals surface area contributed by atoms with Gasteiger partial charge < -0.3 is 15.6 Å². The van der Waals surface area contributed by atoms with Crippen LogP contribution in [0.4, 0.5) is 0 Å². The molecule has 1 heterocycles. The van der Waals surface area contributed by atoms with Crippen molar-refractivity contribution in [1.82, 2.24) is 9.88 Å². The monoisotopic (exact) mass is 299 g/mol. The third-order valence-corrected chi connectivity index (χ3v) is 3.58. The highest BCUT2D eigenvalue weighted by atomic mass is 16.2. The number of rotatable bonds is 6. The fraction of sp³-hybridized carbons (Fsp3) is 0.294. The first kappa shape index (κ1) is 15.8. The van der Waals surface area contributed by atoms with E-state index in [4.69, 9.17) is 5.73 Å². The van der Waals surface area contributed by atoms with Gasteiger partial charge in [0, 0.05) is 30.0 Å². The molecule has 1 aromatic carbocycles. The van der Waals surface area contributed by atoms with Crippen LogP contribution in [0.15, 0.2) is 36.4 Å². The Bertz CT molecular complexity index is 675. The van der Waals surface area contributed by atoms with Gasteiger partial charge in [0.05, 0.1) is 5.56 Å². The van der Waals surface area contributed by atoms with Gasteiger partial charge in [0.25, 0.3) is 5.91 Å². The van der Waals surface area contributed by atoms with Crippen LogP contribution in [-0.2, 0) is 4.79 Å².